The van der Waals surface area contributed by atoms with E-state index < -0.39 is 6.04 Å². The molecule has 1 aromatic heterocycles. The lowest BCUT2D eigenvalue weighted by Crippen LogP contribution is -2.37. The highest BCUT2D eigenvalue weighted by atomic mass is 32.1. The summed E-state index contributed by atoms with van der Waals surface area (Å²) >= 11 is 1.42. The van der Waals surface area contributed by atoms with Crippen LogP contribution in [0.2, 0.25) is 0 Å². The fourth-order valence-corrected chi connectivity index (χ4v) is 5.52. The number of rotatable bonds is 8. The molecule has 0 bridgehead atoms. The Morgan fingerprint density at radius 1 is 0.947 bits per heavy atom. The van der Waals surface area contributed by atoms with E-state index in [0.717, 1.165) is 26.9 Å². The van der Waals surface area contributed by atoms with Gasteiger partial charge in [0.25, 0.3) is 5.91 Å². The first-order valence-electron chi connectivity index (χ1n) is 12.4. The molecule has 0 spiro atoms. The Balaban J connectivity index is 1.62. The van der Waals surface area contributed by atoms with Crippen molar-refractivity contribution < 1.29 is 19.1 Å². The average Bonchev–Trinajstić information content (AvgIpc) is 3.27. The Bertz CT molecular complexity index is 1540. The van der Waals surface area contributed by atoms with Crippen molar-refractivity contribution in [1.29, 1.82) is 0 Å². The summed E-state index contributed by atoms with van der Waals surface area (Å²) in [5.74, 6) is 0.938. The van der Waals surface area contributed by atoms with Gasteiger partial charge in [-0.05, 0) is 74.7 Å². The van der Waals surface area contributed by atoms with Crippen LogP contribution in [0.25, 0.3) is 10.2 Å². The fraction of sp³-hybridized carbons (Fsp3) is 0.300. The van der Waals surface area contributed by atoms with Gasteiger partial charge in [0, 0.05) is 19.2 Å². The van der Waals surface area contributed by atoms with Crippen molar-refractivity contribution in [3.8, 4) is 11.5 Å². The third-order valence-electron chi connectivity index (χ3n) is 6.58. The summed E-state index contributed by atoms with van der Waals surface area (Å²) in [5.41, 5.74) is 4.61. The summed E-state index contributed by atoms with van der Waals surface area (Å²) in [6, 6.07) is 18.6. The third-order valence-corrected chi connectivity index (χ3v) is 7.60. The molecular weight excluding hydrogens is 498 g/mol. The molecule has 7 nitrogen and oxygen atoms in total. The van der Waals surface area contributed by atoms with Gasteiger partial charge in [-0.1, -0.05) is 41.2 Å². The van der Waals surface area contributed by atoms with Crippen LogP contribution in [0.3, 0.4) is 0 Å². The second-order valence-electron chi connectivity index (χ2n) is 9.38. The number of hydrogen-bond donors (Lipinski definition) is 0. The highest BCUT2D eigenvalue weighted by Gasteiger charge is 2.23. The standard InChI is InChI=1S/C30H33N3O4S/c1-19-7-11-23(12-8-19)28(34)31-30-33(24-13-9-20(2)17-27(24)38-30)21(3)29(35)32(4)16-15-22-10-14-25(36-5)26(18-22)37-6/h7-14,17-18,21H,15-16H2,1-6H3/t21-/m0/s1. The zero-order chi connectivity index (χ0) is 27.4. The minimum Gasteiger partial charge on any atom is -0.493 e. The largest absolute Gasteiger partial charge is 0.493 e. The molecule has 0 saturated heterocycles. The van der Waals surface area contributed by atoms with Gasteiger partial charge in [-0.25, -0.2) is 0 Å². The van der Waals surface area contributed by atoms with E-state index in [-0.39, 0.29) is 11.8 Å². The van der Waals surface area contributed by atoms with E-state index in [2.05, 4.69) is 11.1 Å². The van der Waals surface area contributed by atoms with Crippen LogP contribution in [-0.4, -0.2) is 49.1 Å². The van der Waals surface area contributed by atoms with E-state index in [1.165, 1.54) is 11.3 Å². The predicted octanol–water partition coefficient (Wildman–Crippen LogP) is 5.34. The summed E-state index contributed by atoms with van der Waals surface area (Å²) < 4.78 is 13.6. The maximum absolute atomic E-state index is 13.6. The molecule has 1 heterocycles. The average molecular weight is 532 g/mol. The van der Waals surface area contributed by atoms with Crippen LogP contribution in [0, 0.1) is 13.8 Å². The molecule has 8 heteroatoms. The Hall–Kier alpha value is -3.91. The monoisotopic (exact) mass is 531 g/mol. The van der Waals surface area contributed by atoms with E-state index in [1.54, 1.807) is 38.3 Å². The number of aryl methyl sites for hydroxylation is 2. The first kappa shape index (κ1) is 27.1. The molecule has 3 aromatic carbocycles. The van der Waals surface area contributed by atoms with Crippen molar-refractivity contribution in [2.75, 3.05) is 27.8 Å². The van der Waals surface area contributed by atoms with Crippen molar-refractivity contribution in [1.82, 2.24) is 9.47 Å². The van der Waals surface area contributed by atoms with Gasteiger partial charge in [-0.3, -0.25) is 9.59 Å². The van der Waals surface area contributed by atoms with Gasteiger partial charge in [-0.15, -0.1) is 0 Å². The Kier molecular flexibility index (Phi) is 8.32. The molecule has 0 fully saturated rings. The SMILES string of the molecule is COc1ccc(CCN(C)C(=O)[C@H](C)n2c(=NC(=O)c3ccc(C)cc3)sc3cc(C)ccc32)cc1OC. The van der Waals surface area contributed by atoms with Gasteiger partial charge in [0.1, 0.15) is 6.04 Å². The van der Waals surface area contributed by atoms with Crippen molar-refractivity contribution in [3.63, 3.8) is 0 Å². The van der Waals surface area contributed by atoms with Crippen LogP contribution >= 0.6 is 11.3 Å². The number of fused-ring (bicyclic) bond motifs is 1. The van der Waals surface area contributed by atoms with Gasteiger partial charge >= 0.3 is 0 Å². The Morgan fingerprint density at radius 3 is 2.32 bits per heavy atom. The van der Waals surface area contributed by atoms with E-state index >= 15 is 0 Å². The molecule has 38 heavy (non-hydrogen) atoms. The number of thiazole rings is 1. The number of amides is 2. The number of aromatic nitrogens is 1. The summed E-state index contributed by atoms with van der Waals surface area (Å²) in [7, 11) is 5.01. The number of carbonyl (C=O) groups excluding carboxylic acids is 2. The summed E-state index contributed by atoms with van der Waals surface area (Å²) in [6.45, 7) is 6.38. The predicted molar refractivity (Wildman–Crippen MR) is 151 cm³/mol. The minimum absolute atomic E-state index is 0.0602. The van der Waals surface area contributed by atoms with Crippen LogP contribution in [0.4, 0.5) is 0 Å². The van der Waals surface area contributed by atoms with Gasteiger partial charge in [0.05, 0.1) is 24.4 Å². The molecular formula is C30H33N3O4S. The van der Waals surface area contributed by atoms with Gasteiger partial charge in [0.15, 0.2) is 16.3 Å². The van der Waals surface area contributed by atoms with Crippen LogP contribution in [0.5, 0.6) is 11.5 Å². The smallest absolute Gasteiger partial charge is 0.279 e. The normalized spacial score (nSPS) is 12.4. The molecule has 0 saturated carbocycles. The highest BCUT2D eigenvalue weighted by molar-refractivity contribution is 7.16. The molecule has 0 aliphatic carbocycles. The number of carbonyl (C=O) groups is 2. The number of ether oxygens (including phenoxy) is 2. The first-order chi connectivity index (χ1) is 18.2. The van der Waals surface area contributed by atoms with Crippen LogP contribution < -0.4 is 14.3 Å². The number of benzene rings is 3. The molecule has 198 valence electrons. The van der Waals surface area contributed by atoms with E-state index in [1.807, 2.05) is 67.8 Å². The van der Waals surface area contributed by atoms with Crippen molar-refractivity contribution in [2.45, 2.75) is 33.2 Å². The lowest BCUT2D eigenvalue weighted by atomic mass is 10.1. The second kappa shape index (κ2) is 11.6. The van der Waals surface area contributed by atoms with Gasteiger partial charge in [-0.2, -0.15) is 4.99 Å². The minimum atomic E-state index is -0.550. The molecule has 0 aliphatic heterocycles. The molecule has 0 N–H and O–H groups in total. The zero-order valence-corrected chi connectivity index (χ0v) is 23.5. The number of likely N-dealkylation sites (N-methyl/N-ethyl adjacent to an activating group) is 1. The summed E-state index contributed by atoms with van der Waals surface area (Å²) in [6.07, 6.45) is 0.659. The molecule has 1 atom stereocenters. The maximum atomic E-state index is 13.6. The van der Waals surface area contributed by atoms with E-state index in [9.17, 15) is 9.59 Å². The lowest BCUT2D eigenvalue weighted by Gasteiger charge is -2.23. The molecule has 4 aromatic rings. The molecule has 2 amide bonds. The highest BCUT2D eigenvalue weighted by Crippen LogP contribution is 2.28. The fourth-order valence-electron chi connectivity index (χ4n) is 4.32. The van der Waals surface area contributed by atoms with Gasteiger partial charge in [0.2, 0.25) is 5.91 Å². The molecule has 0 aliphatic rings. The van der Waals surface area contributed by atoms with E-state index in [0.29, 0.717) is 34.8 Å². The molecule has 0 radical (unpaired) electrons. The van der Waals surface area contributed by atoms with Crippen molar-refractivity contribution in [2.24, 2.45) is 4.99 Å². The zero-order valence-electron chi connectivity index (χ0n) is 22.6. The number of methoxy groups -OCH3 is 2. The van der Waals surface area contributed by atoms with Crippen LogP contribution in [-0.2, 0) is 11.2 Å². The molecule has 4 rings (SSSR count). The molecule has 0 unspecified atom stereocenters. The van der Waals surface area contributed by atoms with Crippen molar-refractivity contribution in [3.05, 3.63) is 87.7 Å². The quantitative estimate of drug-likeness (QED) is 0.308. The third kappa shape index (κ3) is 5.81. The topological polar surface area (TPSA) is 73.1 Å². The van der Waals surface area contributed by atoms with Crippen LogP contribution in [0.15, 0.2) is 65.7 Å². The summed E-state index contributed by atoms with van der Waals surface area (Å²) in [4.78, 5) is 33.3. The van der Waals surface area contributed by atoms with Gasteiger partial charge < -0.3 is 18.9 Å². The first-order valence-corrected chi connectivity index (χ1v) is 13.3. The van der Waals surface area contributed by atoms with Crippen LogP contribution in [0.1, 0.15) is 40.0 Å². The number of hydrogen-bond acceptors (Lipinski definition) is 5. The maximum Gasteiger partial charge on any atom is 0.279 e. The Morgan fingerprint density at radius 2 is 1.63 bits per heavy atom. The lowest BCUT2D eigenvalue weighted by molar-refractivity contribution is -0.132. The summed E-state index contributed by atoms with van der Waals surface area (Å²) in [5, 5.41) is 0. The van der Waals surface area contributed by atoms with Crippen molar-refractivity contribution >= 4 is 33.4 Å². The number of nitrogens with zero attached hydrogens (tertiary/aromatic N) is 3. The van der Waals surface area contributed by atoms with E-state index in [4.69, 9.17) is 9.47 Å². The second-order valence-corrected chi connectivity index (χ2v) is 10.4. The Labute approximate surface area is 227 Å².